The molecule has 0 amide bonds. The van der Waals surface area contributed by atoms with Gasteiger partial charge >= 0.3 is 6.18 Å². The summed E-state index contributed by atoms with van der Waals surface area (Å²) in [6.07, 6.45) is 0.928. The Hall–Kier alpha value is -3.67. The highest BCUT2D eigenvalue weighted by molar-refractivity contribution is 5.72. The minimum absolute atomic E-state index is 0.00499. The molecule has 1 aliphatic rings. The van der Waals surface area contributed by atoms with E-state index < -0.39 is 11.9 Å². The number of anilines is 2. The van der Waals surface area contributed by atoms with E-state index in [-0.39, 0.29) is 5.82 Å². The molecular weight excluding hydrogens is 449 g/mol. The van der Waals surface area contributed by atoms with E-state index >= 15 is 0 Å². The molecule has 0 aliphatic carbocycles. The number of rotatable bonds is 7. The van der Waals surface area contributed by atoms with Crippen LogP contribution in [0, 0.1) is 0 Å². The molecule has 4 aromatic heterocycles. The molecule has 0 bridgehead atoms. The summed E-state index contributed by atoms with van der Waals surface area (Å²) in [7, 11) is 1.85. The van der Waals surface area contributed by atoms with Crippen LogP contribution >= 0.6 is 0 Å². The van der Waals surface area contributed by atoms with E-state index in [1.165, 1.54) is 0 Å². The van der Waals surface area contributed by atoms with E-state index in [9.17, 15) is 13.2 Å². The second kappa shape index (κ2) is 8.60. The number of aryl methyl sites for hydroxylation is 1. The molecule has 1 fully saturated rings. The van der Waals surface area contributed by atoms with Crippen molar-refractivity contribution in [3.05, 3.63) is 48.7 Å². The van der Waals surface area contributed by atoms with Crippen molar-refractivity contribution < 1.29 is 17.9 Å². The van der Waals surface area contributed by atoms with Gasteiger partial charge < -0.3 is 10.1 Å². The topological polar surface area (TPSA) is 85.4 Å². The van der Waals surface area contributed by atoms with Crippen molar-refractivity contribution in [2.24, 2.45) is 7.05 Å². The number of nitrogens with zero attached hydrogens (tertiary/aromatic N) is 7. The quantitative estimate of drug-likeness (QED) is 0.438. The highest BCUT2D eigenvalue weighted by Gasteiger charge is 2.33. The van der Waals surface area contributed by atoms with Gasteiger partial charge in [0.2, 0.25) is 0 Å². The number of nitrogens with one attached hydrogen (secondary N) is 1. The minimum atomic E-state index is -4.55. The Bertz CT molecular complexity index is 1310. The van der Waals surface area contributed by atoms with Crippen LogP contribution < -0.4 is 10.1 Å². The van der Waals surface area contributed by atoms with Gasteiger partial charge in [0, 0.05) is 43.5 Å². The zero-order chi connectivity index (χ0) is 23.9. The summed E-state index contributed by atoms with van der Waals surface area (Å²) in [6.45, 7) is 4.86. The number of aromatic nitrogens is 6. The minimum Gasteiger partial charge on any atom is -0.488 e. The molecule has 0 aromatic carbocycles. The average molecular weight is 472 g/mol. The Labute approximate surface area is 193 Å². The molecule has 178 valence electrons. The van der Waals surface area contributed by atoms with Crippen LogP contribution in [-0.4, -0.2) is 60.0 Å². The van der Waals surface area contributed by atoms with Gasteiger partial charge in [0.25, 0.3) is 0 Å². The molecule has 1 N–H and O–H groups in total. The van der Waals surface area contributed by atoms with Gasteiger partial charge in [-0.05, 0) is 25.1 Å². The van der Waals surface area contributed by atoms with E-state index in [2.05, 4.69) is 37.3 Å². The van der Waals surface area contributed by atoms with Crippen molar-refractivity contribution in [3.63, 3.8) is 0 Å². The third-order valence-electron chi connectivity index (χ3n) is 5.96. The standard InChI is InChI=1S/C22H23F3N8O/c1-3-32-6-5-15(32)12-34-17-11-28-31(2)21(17)14-4-7-33-16(8-14)9-20(30-33)29-19-10-18(22(23,24)25)26-13-27-19/h4,7-11,13,15H,3,5-6,12H2,1-2H3,(H,26,27,29,30)/t15-/m1/s1. The average Bonchev–Trinajstić information content (AvgIpc) is 3.35. The lowest BCUT2D eigenvalue weighted by molar-refractivity contribution is -0.141. The predicted molar refractivity (Wildman–Crippen MR) is 119 cm³/mol. The summed E-state index contributed by atoms with van der Waals surface area (Å²) < 4.78 is 48.3. The highest BCUT2D eigenvalue weighted by Crippen LogP contribution is 2.32. The smallest absolute Gasteiger partial charge is 0.433 e. The van der Waals surface area contributed by atoms with E-state index in [4.69, 9.17) is 4.74 Å². The van der Waals surface area contributed by atoms with Crippen LogP contribution in [-0.2, 0) is 13.2 Å². The lowest BCUT2D eigenvalue weighted by atomic mass is 10.0. The van der Waals surface area contributed by atoms with Crippen LogP contribution in [0.5, 0.6) is 5.75 Å². The van der Waals surface area contributed by atoms with E-state index in [0.29, 0.717) is 24.2 Å². The first-order chi connectivity index (χ1) is 16.3. The van der Waals surface area contributed by atoms with Crippen molar-refractivity contribution in [3.8, 4) is 17.0 Å². The SMILES string of the molecule is CCN1CC[C@@H]1COc1cnn(C)c1-c1ccn2nc(Nc3cc(C(F)(F)F)ncn3)cc2c1. The van der Waals surface area contributed by atoms with Gasteiger partial charge in [0.1, 0.15) is 30.1 Å². The van der Waals surface area contributed by atoms with Gasteiger partial charge in [0.05, 0.1) is 11.7 Å². The third kappa shape index (κ3) is 4.28. The Morgan fingerprint density at radius 2 is 2.03 bits per heavy atom. The van der Waals surface area contributed by atoms with Crippen LogP contribution in [0.2, 0.25) is 0 Å². The maximum Gasteiger partial charge on any atom is 0.433 e. The maximum atomic E-state index is 12.9. The van der Waals surface area contributed by atoms with Crippen molar-refractivity contribution in [1.29, 1.82) is 0 Å². The fourth-order valence-electron chi connectivity index (χ4n) is 4.05. The summed E-state index contributed by atoms with van der Waals surface area (Å²) in [6, 6.07) is 6.80. The van der Waals surface area contributed by atoms with Crippen molar-refractivity contribution in [2.75, 3.05) is 25.0 Å². The molecule has 34 heavy (non-hydrogen) atoms. The third-order valence-corrected chi connectivity index (χ3v) is 5.96. The molecule has 0 saturated carbocycles. The van der Waals surface area contributed by atoms with Gasteiger partial charge in [-0.25, -0.2) is 14.5 Å². The summed E-state index contributed by atoms with van der Waals surface area (Å²) in [4.78, 5) is 9.50. The van der Waals surface area contributed by atoms with Crippen LogP contribution in [0.3, 0.4) is 0 Å². The predicted octanol–water partition coefficient (Wildman–Crippen LogP) is 3.76. The molecule has 0 unspecified atom stereocenters. The van der Waals surface area contributed by atoms with Crippen molar-refractivity contribution >= 4 is 17.2 Å². The lowest BCUT2D eigenvalue weighted by Crippen LogP contribution is -2.50. The zero-order valence-corrected chi connectivity index (χ0v) is 18.6. The largest absolute Gasteiger partial charge is 0.488 e. The second-order valence-electron chi connectivity index (χ2n) is 8.09. The lowest BCUT2D eigenvalue weighted by Gasteiger charge is -2.39. The molecule has 1 aliphatic heterocycles. The molecule has 0 radical (unpaired) electrons. The molecule has 12 heteroatoms. The number of pyridine rings is 1. The normalized spacial score (nSPS) is 16.6. The van der Waals surface area contributed by atoms with Gasteiger partial charge in [-0.15, -0.1) is 0 Å². The molecular formula is C22H23F3N8O. The first kappa shape index (κ1) is 22.1. The van der Waals surface area contributed by atoms with Crippen LogP contribution in [0.25, 0.3) is 16.8 Å². The Kier molecular flexibility index (Phi) is 5.60. The summed E-state index contributed by atoms with van der Waals surface area (Å²) in [5, 5.41) is 11.5. The van der Waals surface area contributed by atoms with Crippen molar-refractivity contribution in [2.45, 2.75) is 25.6 Å². The number of fused-ring (bicyclic) bond motifs is 1. The molecule has 0 spiro atoms. The number of likely N-dealkylation sites (tertiary alicyclic amines) is 1. The summed E-state index contributed by atoms with van der Waals surface area (Å²) >= 11 is 0. The van der Waals surface area contributed by atoms with Gasteiger partial charge in [-0.2, -0.15) is 23.4 Å². The monoisotopic (exact) mass is 472 g/mol. The molecule has 1 saturated heterocycles. The molecule has 1 atom stereocenters. The van der Waals surface area contributed by atoms with Crippen LogP contribution in [0.1, 0.15) is 19.0 Å². The number of hydrogen-bond acceptors (Lipinski definition) is 7. The Morgan fingerprint density at radius 1 is 1.18 bits per heavy atom. The molecule has 5 rings (SSSR count). The Balaban J connectivity index is 1.37. The number of hydrogen-bond donors (Lipinski definition) is 1. The highest BCUT2D eigenvalue weighted by atomic mass is 19.4. The van der Waals surface area contributed by atoms with Gasteiger partial charge in [0.15, 0.2) is 11.6 Å². The summed E-state index contributed by atoms with van der Waals surface area (Å²) in [5.41, 5.74) is 1.44. The Morgan fingerprint density at radius 3 is 2.76 bits per heavy atom. The fraction of sp³-hybridized carbons (Fsp3) is 0.364. The first-order valence-electron chi connectivity index (χ1n) is 10.9. The van der Waals surface area contributed by atoms with E-state index in [0.717, 1.165) is 48.7 Å². The molecule has 9 nitrogen and oxygen atoms in total. The number of likely N-dealkylation sites (N-methyl/N-ethyl adjacent to an activating group) is 1. The summed E-state index contributed by atoms with van der Waals surface area (Å²) in [5.74, 6) is 1.06. The maximum absolute atomic E-state index is 12.9. The number of halogens is 3. The van der Waals surface area contributed by atoms with Crippen LogP contribution in [0.15, 0.2) is 43.0 Å². The number of alkyl halides is 3. The van der Waals surface area contributed by atoms with Crippen molar-refractivity contribution in [1.82, 2.24) is 34.3 Å². The van der Waals surface area contributed by atoms with E-state index in [1.54, 1.807) is 27.7 Å². The number of ether oxygens (including phenoxy) is 1. The zero-order valence-electron chi connectivity index (χ0n) is 18.6. The van der Waals surface area contributed by atoms with Gasteiger partial charge in [-0.3, -0.25) is 9.58 Å². The molecule has 4 aromatic rings. The van der Waals surface area contributed by atoms with Gasteiger partial charge in [-0.1, -0.05) is 6.92 Å². The second-order valence-corrected chi connectivity index (χ2v) is 8.09. The first-order valence-corrected chi connectivity index (χ1v) is 10.9. The fourth-order valence-corrected chi connectivity index (χ4v) is 4.05. The van der Waals surface area contributed by atoms with E-state index in [1.807, 2.05) is 19.2 Å². The van der Waals surface area contributed by atoms with Crippen LogP contribution in [0.4, 0.5) is 24.8 Å². The molecule has 5 heterocycles.